The minimum Gasteiger partial charge on any atom is -0.341 e. The van der Waals surface area contributed by atoms with Gasteiger partial charge in [0.15, 0.2) is 5.82 Å². The predicted molar refractivity (Wildman–Crippen MR) is 112 cm³/mol. The summed E-state index contributed by atoms with van der Waals surface area (Å²) in [5.74, 6) is 1.29. The zero-order valence-electron chi connectivity index (χ0n) is 16.8. The average molecular weight is 416 g/mol. The summed E-state index contributed by atoms with van der Waals surface area (Å²) >= 11 is 0. The Labute approximate surface area is 170 Å². The van der Waals surface area contributed by atoms with Crippen molar-refractivity contribution in [2.75, 3.05) is 25.3 Å². The van der Waals surface area contributed by atoms with E-state index in [1.54, 1.807) is 17.9 Å². The first-order valence-corrected chi connectivity index (χ1v) is 11.5. The highest BCUT2D eigenvalue weighted by Crippen LogP contribution is 2.28. The van der Waals surface area contributed by atoms with E-state index in [-0.39, 0.29) is 12.1 Å². The van der Waals surface area contributed by atoms with Gasteiger partial charge in [0, 0.05) is 38.4 Å². The van der Waals surface area contributed by atoms with Crippen LogP contribution in [0.5, 0.6) is 0 Å². The van der Waals surface area contributed by atoms with Crippen molar-refractivity contribution in [3.63, 3.8) is 0 Å². The first-order chi connectivity index (χ1) is 13.8. The minimum atomic E-state index is -3.16. The first kappa shape index (κ1) is 19.7. The van der Waals surface area contributed by atoms with E-state index in [9.17, 15) is 8.42 Å². The lowest BCUT2D eigenvalue weighted by Gasteiger charge is -2.37. The number of nitrogens with zero attached hydrogens (tertiary/aromatic N) is 7. The molecule has 4 rings (SSSR count). The molecule has 9 nitrogen and oxygen atoms in total. The van der Waals surface area contributed by atoms with Crippen LogP contribution in [0.25, 0.3) is 16.9 Å². The summed E-state index contributed by atoms with van der Waals surface area (Å²) in [6.07, 6.45) is 6.42. The lowest BCUT2D eigenvalue weighted by atomic mass is 9.90. The smallest absolute Gasteiger partial charge is 0.227 e. The van der Waals surface area contributed by atoms with Crippen molar-refractivity contribution in [1.29, 1.82) is 0 Å². The van der Waals surface area contributed by atoms with E-state index in [0.29, 0.717) is 11.8 Å². The van der Waals surface area contributed by atoms with Crippen LogP contribution in [0.4, 0.5) is 5.95 Å². The maximum absolute atomic E-state index is 11.8. The number of hydrogen-bond acceptors (Lipinski definition) is 7. The highest BCUT2D eigenvalue weighted by atomic mass is 32.2. The lowest BCUT2D eigenvalue weighted by molar-refractivity contribution is 0.266. The second-order valence-electron chi connectivity index (χ2n) is 7.56. The second-order valence-corrected chi connectivity index (χ2v) is 9.60. The molecule has 1 aromatic carbocycles. The summed E-state index contributed by atoms with van der Waals surface area (Å²) in [7, 11) is 0.494. The summed E-state index contributed by atoms with van der Waals surface area (Å²) in [4.78, 5) is 11.2. The molecule has 10 heteroatoms. The molecule has 3 aromatic rings. The molecular formula is C19H25N7O2S. The third-order valence-electron chi connectivity index (χ3n) is 5.76. The standard InChI is InChI=1S/C19H25N7O2S/c1-24(14-8-10-15(11-9-14)25(2)29(3,27)28)19-20-13-12-18(21-19)26-17-7-5-4-6-16(17)22-23-26/h4-7,12-15H,8-11H2,1-3H3/t14-,15-. The van der Waals surface area contributed by atoms with Gasteiger partial charge >= 0.3 is 0 Å². The molecule has 0 unspecified atom stereocenters. The summed E-state index contributed by atoms with van der Waals surface area (Å²) in [6.45, 7) is 0. The predicted octanol–water partition coefficient (Wildman–Crippen LogP) is 1.85. The van der Waals surface area contributed by atoms with Gasteiger partial charge in [0.1, 0.15) is 5.52 Å². The number of rotatable bonds is 5. The molecule has 1 aliphatic carbocycles. The average Bonchev–Trinajstić information content (AvgIpc) is 3.16. The largest absolute Gasteiger partial charge is 0.341 e. The van der Waals surface area contributed by atoms with E-state index in [4.69, 9.17) is 4.98 Å². The van der Waals surface area contributed by atoms with Gasteiger partial charge in [-0.15, -0.1) is 5.10 Å². The van der Waals surface area contributed by atoms with Crippen LogP contribution in [0, 0.1) is 0 Å². The lowest BCUT2D eigenvalue weighted by Crippen LogP contribution is -2.43. The van der Waals surface area contributed by atoms with Crippen LogP contribution in [0.1, 0.15) is 25.7 Å². The zero-order valence-corrected chi connectivity index (χ0v) is 17.6. The summed E-state index contributed by atoms with van der Waals surface area (Å²) in [5.41, 5.74) is 1.71. The number of benzene rings is 1. The Balaban J connectivity index is 1.51. The molecule has 1 saturated carbocycles. The van der Waals surface area contributed by atoms with Crippen LogP contribution in [0.15, 0.2) is 36.5 Å². The molecule has 0 atom stereocenters. The third-order valence-corrected chi connectivity index (χ3v) is 7.11. The Kier molecular flexibility index (Phi) is 5.22. The minimum absolute atomic E-state index is 0.0587. The normalized spacial score (nSPS) is 20.3. The van der Waals surface area contributed by atoms with Crippen LogP contribution in [-0.4, -0.2) is 70.1 Å². The van der Waals surface area contributed by atoms with E-state index in [2.05, 4.69) is 20.2 Å². The molecule has 0 spiro atoms. The molecule has 154 valence electrons. The Hall–Kier alpha value is -2.59. The molecule has 29 heavy (non-hydrogen) atoms. The Morgan fingerprint density at radius 3 is 2.45 bits per heavy atom. The number of aromatic nitrogens is 5. The molecular weight excluding hydrogens is 390 g/mol. The topological polar surface area (TPSA) is 97.1 Å². The third kappa shape index (κ3) is 3.95. The summed E-state index contributed by atoms with van der Waals surface area (Å²) < 4.78 is 26.8. The quantitative estimate of drug-likeness (QED) is 0.627. The van der Waals surface area contributed by atoms with Gasteiger partial charge in [-0.3, -0.25) is 0 Å². The summed E-state index contributed by atoms with van der Waals surface area (Å²) in [6, 6.07) is 9.89. The van der Waals surface area contributed by atoms with Gasteiger partial charge in [-0.1, -0.05) is 17.3 Å². The second kappa shape index (κ2) is 7.68. The van der Waals surface area contributed by atoms with Gasteiger partial charge in [0.25, 0.3) is 0 Å². The molecule has 0 radical (unpaired) electrons. The Morgan fingerprint density at radius 2 is 1.72 bits per heavy atom. The van der Waals surface area contributed by atoms with Gasteiger partial charge in [0.05, 0.1) is 11.8 Å². The van der Waals surface area contributed by atoms with Gasteiger partial charge in [-0.25, -0.2) is 17.7 Å². The fraction of sp³-hybridized carbons (Fsp3) is 0.474. The molecule has 0 aliphatic heterocycles. The summed E-state index contributed by atoms with van der Waals surface area (Å²) in [5, 5.41) is 8.42. The molecule has 1 fully saturated rings. The highest BCUT2D eigenvalue weighted by Gasteiger charge is 2.30. The van der Waals surface area contributed by atoms with Gasteiger partial charge in [-0.05, 0) is 37.8 Å². The van der Waals surface area contributed by atoms with Gasteiger partial charge in [-0.2, -0.15) is 9.67 Å². The van der Waals surface area contributed by atoms with Crippen LogP contribution in [0.2, 0.25) is 0 Å². The highest BCUT2D eigenvalue weighted by molar-refractivity contribution is 7.88. The molecule has 0 N–H and O–H groups in total. The van der Waals surface area contributed by atoms with Crippen LogP contribution < -0.4 is 4.90 Å². The van der Waals surface area contributed by atoms with Crippen molar-refractivity contribution in [3.05, 3.63) is 36.5 Å². The van der Waals surface area contributed by atoms with Crippen LogP contribution in [0.3, 0.4) is 0 Å². The van der Waals surface area contributed by atoms with Crippen LogP contribution in [-0.2, 0) is 10.0 Å². The number of hydrogen-bond donors (Lipinski definition) is 0. The van der Waals surface area contributed by atoms with E-state index >= 15 is 0 Å². The van der Waals surface area contributed by atoms with Crippen molar-refractivity contribution in [3.8, 4) is 5.82 Å². The SMILES string of the molecule is CN(c1nccc(-n2nnc3ccccc32)n1)[C@H]1CC[C@H](N(C)S(C)(=O)=O)CC1. The molecule has 2 heterocycles. The molecule has 2 aromatic heterocycles. The van der Waals surface area contributed by atoms with Gasteiger partial charge < -0.3 is 4.90 Å². The molecule has 0 saturated heterocycles. The van der Waals surface area contributed by atoms with Crippen molar-refractivity contribution in [2.24, 2.45) is 0 Å². The van der Waals surface area contributed by atoms with E-state index < -0.39 is 10.0 Å². The van der Waals surface area contributed by atoms with Crippen molar-refractivity contribution >= 4 is 27.0 Å². The fourth-order valence-electron chi connectivity index (χ4n) is 3.91. The van der Waals surface area contributed by atoms with Crippen LogP contribution >= 0.6 is 0 Å². The molecule has 0 bridgehead atoms. The number of anilines is 1. The van der Waals surface area contributed by atoms with Gasteiger partial charge in [0.2, 0.25) is 16.0 Å². The maximum Gasteiger partial charge on any atom is 0.227 e. The Morgan fingerprint density at radius 1 is 1.03 bits per heavy atom. The van der Waals surface area contributed by atoms with Crippen molar-refractivity contribution in [1.82, 2.24) is 29.3 Å². The monoisotopic (exact) mass is 415 g/mol. The first-order valence-electron chi connectivity index (χ1n) is 9.64. The van der Waals surface area contributed by atoms with Crippen molar-refractivity contribution in [2.45, 2.75) is 37.8 Å². The maximum atomic E-state index is 11.8. The van der Waals surface area contributed by atoms with E-state index in [0.717, 1.165) is 36.7 Å². The number of sulfonamides is 1. The number of fused-ring (bicyclic) bond motifs is 1. The van der Waals surface area contributed by atoms with E-state index in [1.807, 2.05) is 37.4 Å². The van der Waals surface area contributed by atoms with E-state index in [1.165, 1.54) is 10.6 Å². The van der Waals surface area contributed by atoms with Crippen molar-refractivity contribution < 1.29 is 8.42 Å². The Bertz CT molecular complexity index is 1110. The number of para-hydroxylation sites is 1. The molecule has 1 aliphatic rings. The molecule has 0 amide bonds. The zero-order chi connectivity index (χ0) is 20.6. The fourth-order valence-corrected chi connectivity index (χ4v) is 4.66.